The molecule has 1 heterocycles. The molecule has 66 valence electrons. The Balaban J connectivity index is 2.41. The van der Waals surface area contributed by atoms with Crippen molar-refractivity contribution in [3.8, 4) is 16.2 Å². The van der Waals surface area contributed by atoms with Gasteiger partial charge in [0.15, 0.2) is 0 Å². The fourth-order valence-electron chi connectivity index (χ4n) is 1.22. The normalized spacial score (nSPS) is 10.2. The van der Waals surface area contributed by atoms with Crippen LogP contribution in [0.2, 0.25) is 0 Å². The fourth-order valence-corrected chi connectivity index (χ4v) is 2.09. The van der Waals surface area contributed by atoms with E-state index in [0.717, 1.165) is 5.56 Å². The van der Waals surface area contributed by atoms with E-state index in [1.165, 1.54) is 9.75 Å². The number of hydrogen-bond donors (Lipinski definition) is 1. The minimum atomic E-state index is 0.317. The predicted octanol–water partition coefficient (Wildman–Crippen LogP) is 3.43. The maximum absolute atomic E-state index is 9.11. The van der Waals surface area contributed by atoms with Gasteiger partial charge in [-0.3, -0.25) is 0 Å². The lowest BCUT2D eigenvalue weighted by Gasteiger charge is -1.96. The van der Waals surface area contributed by atoms with Gasteiger partial charge in [-0.15, -0.1) is 11.3 Å². The highest BCUT2D eigenvalue weighted by molar-refractivity contribution is 7.15. The lowest BCUT2D eigenvalue weighted by Crippen LogP contribution is -1.69. The molecule has 0 spiro atoms. The van der Waals surface area contributed by atoms with Gasteiger partial charge in [0.2, 0.25) is 0 Å². The molecule has 13 heavy (non-hydrogen) atoms. The minimum absolute atomic E-state index is 0.317. The molecule has 0 aliphatic heterocycles. The summed E-state index contributed by atoms with van der Waals surface area (Å²) in [5, 5.41) is 9.11. The summed E-state index contributed by atoms with van der Waals surface area (Å²) in [6.07, 6.45) is 0. The van der Waals surface area contributed by atoms with Crippen LogP contribution < -0.4 is 0 Å². The third-order valence-corrected chi connectivity index (χ3v) is 2.94. The molecule has 0 radical (unpaired) electrons. The van der Waals surface area contributed by atoms with E-state index in [0.29, 0.717) is 5.75 Å². The second-order valence-electron chi connectivity index (χ2n) is 2.96. The molecule has 2 heteroatoms. The number of rotatable bonds is 1. The van der Waals surface area contributed by atoms with Crippen LogP contribution in [0.3, 0.4) is 0 Å². The van der Waals surface area contributed by atoms with Crippen molar-refractivity contribution in [2.24, 2.45) is 0 Å². The first-order valence-electron chi connectivity index (χ1n) is 4.11. The van der Waals surface area contributed by atoms with Gasteiger partial charge in [0.05, 0.1) is 0 Å². The molecule has 1 aromatic heterocycles. The lowest BCUT2D eigenvalue weighted by atomic mass is 10.2. The number of benzene rings is 1. The molecule has 0 aliphatic rings. The molecule has 0 amide bonds. The summed E-state index contributed by atoms with van der Waals surface area (Å²) in [5.74, 6) is 0.317. The first-order chi connectivity index (χ1) is 6.25. The number of hydrogen-bond acceptors (Lipinski definition) is 2. The Morgan fingerprint density at radius 3 is 2.23 bits per heavy atom. The maximum Gasteiger partial charge on any atom is 0.115 e. The Bertz CT molecular complexity index is 400. The molecule has 0 saturated heterocycles. The van der Waals surface area contributed by atoms with Gasteiger partial charge in [0.25, 0.3) is 0 Å². The SMILES string of the molecule is Cc1ccc(-c2ccc(O)cc2)s1. The minimum Gasteiger partial charge on any atom is -0.508 e. The molecule has 0 aliphatic carbocycles. The van der Waals surface area contributed by atoms with Crippen LogP contribution in [0.5, 0.6) is 5.75 Å². The molecule has 0 unspecified atom stereocenters. The molecule has 2 rings (SSSR count). The molecule has 0 saturated carbocycles. The van der Waals surface area contributed by atoms with Crippen molar-refractivity contribution in [3.05, 3.63) is 41.3 Å². The number of aryl methyl sites for hydroxylation is 1. The Morgan fingerprint density at radius 1 is 1.00 bits per heavy atom. The Labute approximate surface area is 81.3 Å². The highest BCUT2D eigenvalue weighted by Gasteiger charge is 1.99. The number of aromatic hydroxyl groups is 1. The van der Waals surface area contributed by atoms with Crippen LogP contribution in [0.4, 0.5) is 0 Å². The van der Waals surface area contributed by atoms with Crippen molar-refractivity contribution in [1.29, 1.82) is 0 Å². The van der Waals surface area contributed by atoms with Crippen molar-refractivity contribution >= 4 is 11.3 Å². The molecule has 0 bridgehead atoms. The van der Waals surface area contributed by atoms with Crippen molar-refractivity contribution in [2.75, 3.05) is 0 Å². The van der Waals surface area contributed by atoms with E-state index in [1.54, 1.807) is 23.5 Å². The van der Waals surface area contributed by atoms with Crippen molar-refractivity contribution in [1.82, 2.24) is 0 Å². The van der Waals surface area contributed by atoms with E-state index in [2.05, 4.69) is 19.1 Å². The van der Waals surface area contributed by atoms with Crippen LogP contribution in [0, 0.1) is 6.92 Å². The highest BCUT2D eigenvalue weighted by Crippen LogP contribution is 2.28. The zero-order chi connectivity index (χ0) is 9.26. The smallest absolute Gasteiger partial charge is 0.115 e. The third-order valence-electron chi connectivity index (χ3n) is 1.89. The molecular formula is C11H10OS. The first-order valence-corrected chi connectivity index (χ1v) is 4.93. The first kappa shape index (κ1) is 8.32. The summed E-state index contributed by atoms with van der Waals surface area (Å²) in [4.78, 5) is 2.56. The summed E-state index contributed by atoms with van der Waals surface area (Å²) < 4.78 is 0. The van der Waals surface area contributed by atoms with Gasteiger partial charge in [0, 0.05) is 9.75 Å². The Morgan fingerprint density at radius 2 is 1.69 bits per heavy atom. The summed E-state index contributed by atoms with van der Waals surface area (Å²) in [7, 11) is 0. The van der Waals surface area contributed by atoms with Crippen LogP contribution in [-0.2, 0) is 0 Å². The summed E-state index contributed by atoms with van der Waals surface area (Å²) in [5.41, 5.74) is 1.16. The third kappa shape index (κ3) is 1.73. The van der Waals surface area contributed by atoms with E-state index in [-0.39, 0.29) is 0 Å². The zero-order valence-corrected chi connectivity index (χ0v) is 8.14. The van der Waals surface area contributed by atoms with Gasteiger partial charge in [0.1, 0.15) is 5.75 Å². The van der Waals surface area contributed by atoms with Crippen LogP contribution >= 0.6 is 11.3 Å². The van der Waals surface area contributed by atoms with Gasteiger partial charge < -0.3 is 5.11 Å². The Hall–Kier alpha value is -1.28. The second-order valence-corrected chi connectivity index (χ2v) is 4.25. The molecule has 1 N–H and O–H groups in total. The number of phenolic OH excluding ortho intramolecular Hbond substituents is 1. The fraction of sp³-hybridized carbons (Fsp3) is 0.0909. The topological polar surface area (TPSA) is 20.2 Å². The van der Waals surface area contributed by atoms with Gasteiger partial charge in [-0.25, -0.2) is 0 Å². The summed E-state index contributed by atoms with van der Waals surface area (Å²) in [6, 6.07) is 11.5. The van der Waals surface area contributed by atoms with Crippen LogP contribution in [0.1, 0.15) is 4.88 Å². The molecule has 2 aromatic rings. The van der Waals surface area contributed by atoms with E-state index in [9.17, 15) is 0 Å². The standard InChI is InChI=1S/C11H10OS/c1-8-2-7-11(13-8)9-3-5-10(12)6-4-9/h2-7,12H,1H3. The highest BCUT2D eigenvalue weighted by atomic mass is 32.1. The van der Waals surface area contributed by atoms with Gasteiger partial charge in [-0.1, -0.05) is 0 Å². The second kappa shape index (κ2) is 3.23. The summed E-state index contributed by atoms with van der Waals surface area (Å²) in [6.45, 7) is 2.09. The molecule has 1 nitrogen and oxygen atoms in total. The van der Waals surface area contributed by atoms with Gasteiger partial charge in [-0.2, -0.15) is 0 Å². The van der Waals surface area contributed by atoms with Crippen LogP contribution in [0.25, 0.3) is 10.4 Å². The molecule has 0 fully saturated rings. The Kier molecular flexibility index (Phi) is 2.07. The molecule has 1 aromatic carbocycles. The van der Waals surface area contributed by atoms with Crippen molar-refractivity contribution in [2.45, 2.75) is 6.92 Å². The van der Waals surface area contributed by atoms with Gasteiger partial charge >= 0.3 is 0 Å². The monoisotopic (exact) mass is 190 g/mol. The van der Waals surface area contributed by atoms with Crippen molar-refractivity contribution in [3.63, 3.8) is 0 Å². The van der Waals surface area contributed by atoms with E-state index in [1.807, 2.05) is 12.1 Å². The van der Waals surface area contributed by atoms with E-state index >= 15 is 0 Å². The average molecular weight is 190 g/mol. The van der Waals surface area contributed by atoms with E-state index < -0.39 is 0 Å². The van der Waals surface area contributed by atoms with Crippen LogP contribution in [0.15, 0.2) is 36.4 Å². The zero-order valence-electron chi connectivity index (χ0n) is 7.32. The lowest BCUT2D eigenvalue weighted by molar-refractivity contribution is 0.475. The quantitative estimate of drug-likeness (QED) is 0.730. The van der Waals surface area contributed by atoms with Crippen LogP contribution in [-0.4, -0.2) is 5.11 Å². The van der Waals surface area contributed by atoms with E-state index in [4.69, 9.17) is 5.11 Å². The number of phenols is 1. The molecule has 0 atom stereocenters. The number of thiophene rings is 1. The maximum atomic E-state index is 9.11. The molecular weight excluding hydrogens is 180 g/mol. The van der Waals surface area contributed by atoms with Gasteiger partial charge in [-0.05, 0) is 48.9 Å². The predicted molar refractivity (Wildman–Crippen MR) is 56.2 cm³/mol. The largest absolute Gasteiger partial charge is 0.508 e. The average Bonchev–Trinajstić information content (AvgIpc) is 2.53. The summed E-state index contributed by atoms with van der Waals surface area (Å²) >= 11 is 1.77. The van der Waals surface area contributed by atoms with Crippen molar-refractivity contribution < 1.29 is 5.11 Å².